The standard InChI is InChI=1S/C14H16FN3O/c1-9(2)14-17-12(7-13(19)18-14)16-8-10-3-5-11(15)6-4-10/h3-7,9H,8H2,1-2H3,(H2,16,17,18,19). The van der Waals surface area contributed by atoms with Gasteiger partial charge in [-0.2, -0.15) is 0 Å². The van der Waals surface area contributed by atoms with Gasteiger partial charge < -0.3 is 10.3 Å². The monoisotopic (exact) mass is 261 g/mol. The molecule has 0 aliphatic heterocycles. The summed E-state index contributed by atoms with van der Waals surface area (Å²) in [5, 5.41) is 3.06. The van der Waals surface area contributed by atoms with E-state index in [4.69, 9.17) is 0 Å². The fourth-order valence-electron chi connectivity index (χ4n) is 1.64. The molecule has 0 aliphatic rings. The third-order valence-corrected chi connectivity index (χ3v) is 2.69. The number of rotatable bonds is 4. The van der Waals surface area contributed by atoms with Crippen molar-refractivity contribution in [2.24, 2.45) is 0 Å². The van der Waals surface area contributed by atoms with E-state index >= 15 is 0 Å². The number of nitrogens with zero attached hydrogens (tertiary/aromatic N) is 1. The number of aromatic amines is 1. The second-order valence-corrected chi connectivity index (χ2v) is 4.65. The minimum Gasteiger partial charge on any atom is -0.366 e. The molecule has 100 valence electrons. The average Bonchev–Trinajstić information content (AvgIpc) is 2.37. The molecule has 0 aliphatic carbocycles. The lowest BCUT2D eigenvalue weighted by atomic mass is 10.2. The maximum atomic E-state index is 12.8. The van der Waals surface area contributed by atoms with Gasteiger partial charge in [0.2, 0.25) is 0 Å². The summed E-state index contributed by atoms with van der Waals surface area (Å²) in [5.74, 6) is 1.06. The molecule has 0 saturated carbocycles. The predicted octanol–water partition coefficient (Wildman–Crippen LogP) is 2.64. The molecule has 5 heteroatoms. The Bertz CT molecular complexity index is 605. The lowest BCUT2D eigenvalue weighted by Crippen LogP contribution is -2.14. The maximum absolute atomic E-state index is 12.8. The second kappa shape index (κ2) is 5.65. The Hall–Kier alpha value is -2.17. The summed E-state index contributed by atoms with van der Waals surface area (Å²) < 4.78 is 12.8. The van der Waals surface area contributed by atoms with Crippen molar-refractivity contribution in [2.75, 3.05) is 5.32 Å². The quantitative estimate of drug-likeness (QED) is 0.889. The van der Waals surface area contributed by atoms with Crippen LogP contribution in [0, 0.1) is 5.82 Å². The molecule has 1 heterocycles. The Balaban J connectivity index is 2.11. The van der Waals surface area contributed by atoms with Crippen molar-refractivity contribution in [2.45, 2.75) is 26.3 Å². The molecule has 0 fully saturated rings. The normalized spacial score (nSPS) is 10.7. The highest BCUT2D eigenvalue weighted by Gasteiger charge is 2.05. The summed E-state index contributed by atoms with van der Waals surface area (Å²) in [7, 11) is 0. The zero-order valence-electron chi connectivity index (χ0n) is 10.9. The molecule has 2 rings (SSSR count). The van der Waals surface area contributed by atoms with Gasteiger partial charge in [-0.3, -0.25) is 4.79 Å². The van der Waals surface area contributed by atoms with Crippen molar-refractivity contribution in [3.05, 3.63) is 57.9 Å². The van der Waals surface area contributed by atoms with Gasteiger partial charge in [0.05, 0.1) is 0 Å². The highest BCUT2D eigenvalue weighted by Crippen LogP contribution is 2.10. The van der Waals surface area contributed by atoms with Gasteiger partial charge in [-0.05, 0) is 17.7 Å². The van der Waals surface area contributed by atoms with E-state index in [1.165, 1.54) is 18.2 Å². The first-order valence-electron chi connectivity index (χ1n) is 6.14. The SMILES string of the molecule is CC(C)c1nc(NCc2ccc(F)cc2)cc(=O)[nH]1. The van der Waals surface area contributed by atoms with E-state index < -0.39 is 0 Å². The molecule has 2 aromatic rings. The number of benzene rings is 1. The largest absolute Gasteiger partial charge is 0.366 e. The summed E-state index contributed by atoms with van der Waals surface area (Å²) in [6, 6.07) is 7.61. The van der Waals surface area contributed by atoms with Gasteiger partial charge in [0.15, 0.2) is 0 Å². The van der Waals surface area contributed by atoms with E-state index in [9.17, 15) is 9.18 Å². The Morgan fingerprint density at radius 2 is 2.00 bits per heavy atom. The molecule has 0 amide bonds. The topological polar surface area (TPSA) is 57.8 Å². The molecule has 1 aromatic carbocycles. The van der Waals surface area contributed by atoms with Crippen LogP contribution < -0.4 is 10.9 Å². The molecule has 0 radical (unpaired) electrons. The number of H-pyrrole nitrogens is 1. The lowest BCUT2D eigenvalue weighted by molar-refractivity contribution is 0.627. The molecule has 19 heavy (non-hydrogen) atoms. The third kappa shape index (κ3) is 3.64. The number of halogens is 1. The number of hydrogen-bond acceptors (Lipinski definition) is 3. The van der Waals surface area contributed by atoms with Crippen LogP contribution in [0.2, 0.25) is 0 Å². The van der Waals surface area contributed by atoms with E-state index in [1.54, 1.807) is 12.1 Å². The number of aromatic nitrogens is 2. The lowest BCUT2D eigenvalue weighted by Gasteiger charge is -2.09. The van der Waals surface area contributed by atoms with Gasteiger partial charge in [-0.25, -0.2) is 9.37 Å². The van der Waals surface area contributed by atoms with Crippen LogP contribution in [-0.2, 0) is 6.54 Å². The van der Waals surface area contributed by atoms with Crippen LogP contribution >= 0.6 is 0 Å². The predicted molar refractivity (Wildman–Crippen MR) is 72.7 cm³/mol. The number of nitrogens with one attached hydrogen (secondary N) is 2. The zero-order chi connectivity index (χ0) is 13.8. The van der Waals surface area contributed by atoms with E-state index in [1.807, 2.05) is 13.8 Å². The molecule has 2 N–H and O–H groups in total. The van der Waals surface area contributed by atoms with Crippen LogP contribution in [-0.4, -0.2) is 9.97 Å². The third-order valence-electron chi connectivity index (χ3n) is 2.69. The van der Waals surface area contributed by atoms with Crippen LogP contribution in [0.1, 0.15) is 31.2 Å². The molecular weight excluding hydrogens is 245 g/mol. The average molecular weight is 261 g/mol. The Kier molecular flexibility index (Phi) is 3.94. The fourth-order valence-corrected chi connectivity index (χ4v) is 1.64. The summed E-state index contributed by atoms with van der Waals surface area (Å²) in [6.45, 7) is 4.42. The van der Waals surface area contributed by atoms with Gasteiger partial charge in [-0.15, -0.1) is 0 Å². The maximum Gasteiger partial charge on any atom is 0.252 e. The first-order chi connectivity index (χ1) is 9.04. The molecule has 1 aromatic heterocycles. The van der Waals surface area contributed by atoms with Crippen molar-refractivity contribution in [3.63, 3.8) is 0 Å². The highest BCUT2D eigenvalue weighted by molar-refractivity contribution is 5.35. The number of anilines is 1. The fraction of sp³-hybridized carbons (Fsp3) is 0.286. The van der Waals surface area contributed by atoms with Gasteiger partial charge in [0.25, 0.3) is 5.56 Å². The van der Waals surface area contributed by atoms with E-state index in [2.05, 4.69) is 15.3 Å². The molecule has 0 atom stereocenters. The summed E-state index contributed by atoms with van der Waals surface area (Å²) in [5.41, 5.74) is 0.745. The molecule has 0 bridgehead atoms. The Labute approximate surface area is 110 Å². The minimum absolute atomic E-state index is 0.153. The molecule has 0 saturated heterocycles. The smallest absolute Gasteiger partial charge is 0.252 e. The zero-order valence-corrected chi connectivity index (χ0v) is 10.9. The number of hydrogen-bond donors (Lipinski definition) is 2. The molecule has 0 spiro atoms. The van der Waals surface area contributed by atoms with Crippen LogP contribution in [0.3, 0.4) is 0 Å². The van der Waals surface area contributed by atoms with E-state index in [0.717, 1.165) is 5.56 Å². The van der Waals surface area contributed by atoms with E-state index in [-0.39, 0.29) is 17.3 Å². The van der Waals surface area contributed by atoms with Crippen LogP contribution in [0.25, 0.3) is 0 Å². The summed E-state index contributed by atoms with van der Waals surface area (Å²) in [4.78, 5) is 18.5. The van der Waals surface area contributed by atoms with Crippen molar-refractivity contribution in [3.8, 4) is 0 Å². The van der Waals surface area contributed by atoms with Gasteiger partial charge in [0, 0.05) is 18.5 Å². The van der Waals surface area contributed by atoms with Gasteiger partial charge >= 0.3 is 0 Å². The van der Waals surface area contributed by atoms with Crippen LogP contribution in [0.5, 0.6) is 0 Å². The highest BCUT2D eigenvalue weighted by atomic mass is 19.1. The minimum atomic E-state index is -0.264. The molecule has 4 nitrogen and oxygen atoms in total. The Morgan fingerprint density at radius 1 is 1.32 bits per heavy atom. The first-order valence-corrected chi connectivity index (χ1v) is 6.14. The van der Waals surface area contributed by atoms with Crippen molar-refractivity contribution >= 4 is 5.82 Å². The second-order valence-electron chi connectivity index (χ2n) is 4.65. The first kappa shape index (κ1) is 13.3. The summed E-state index contributed by atoms with van der Waals surface area (Å²) >= 11 is 0. The van der Waals surface area contributed by atoms with Crippen LogP contribution in [0.15, 0.2) is 35.1 Å². The summed E-state index contributed by atoms with van der Waals surface area (Å²) in [6.07, 6.45) is 0. The molecular formula is C14H16FN3O. The molecule has 0 unspecified atom stereocenters. The Morgan fingerprint density at radius 3 is 2.63 bits per heavy atom. The van der Waals surface area contributed by atoms with Crippen molar-refractivity contribution in [1.29, 1.82) is 0 Å². The van der Waals surface area contributed by atoms with Gasteiger partial charge in [0.1, 0.15) is 17.5 Å². The van der Waals surface area contributed by atoms with Crippen molar-refractivity contribution in [1.82, 2.24) is 9.97 Å². The van der Waals surface area contributed by atoms with Crippen LogP contribution in [0.4, 0.5) is 10.2 Å². The van der Waals surface area contributed by atoms with E-state index in [0.29, 0.717) is 18.2 Å². The van der Waals surface area contributed by atoms with Gasteiger partial charge in [-0.1, -0.05) is 26.0 Å². The van der Waals surface area contributed by atoms with Crippen molar-refractivity contribution < 1.29 is 4.39 Å².